The third-order valence-electron chi connectivity index (χ3n) is 6.33. The number of hydrogen-bond acceptors (Lipinski definition) is 3. The van der Waals surface area contributed by atoms with E-state index in [0.29, 0.717) is 0 Å². The zero-order valence-corrected chi connectivity index (χ0v) is 14.2. The first-order chi connectivity index (χ1) is 10.2. The molecule has 0 bridgehead atoms. The van der Waals surface area contributed by atoms with E-state index < -0.39 is 0 Å². The van der Waals surface area contributed by atoms with Gasteiger partial charge in [0.2, 0.25) is 0 Å². The molecule has 1 aliphatic carbocycles. The molecule has 0 spiro atoms. The lowest BCUT2D eigenvalue weighted by molar-refractivity contribution is 0.0999. The molecule has 0 amide bonds. The molecule has 2 aliphatic heterocycles. The number of likely N-dealkylation sites (tertiary alicyclic amines) is 2. The average molecular weight is 293 g/mol. The van der Waals surface area contributed by atoms with Gasteiger partial charge in [-0.15, -0.1) is 0 Å². The lowest BCUT2D eigenvalue weighted by Crippen LogP contribution is -2.56. The molecule has 0 aromatic heterocycles. The van der Waals surface area contributed by atoms with Crippen molar-refractivity contribution in [1.29, 1.82) is 0 Å². The van der Waals surface area contributed by atoms with E-state index in [4.69, 9.17) is 5.73 Å². The zero-order chi connectivity index (χ0) is 14.9. The van der Waals surface area contributed by atoms with E-state index in [1.807, 2.05) is 0 Å². The molecular weight excluding hydrogens is 258 g/mol. The molecule has 2 saturated heterocycles. The maximum absolute atomic E-state index is 6.32. The van der Waals surface area contributed by atoms with E-state index in [2.05, 4.69) is 23.6 Å². The van der Waals surface area contributed by atoms with Crippen molar-refractivity contribution in [1.82, 2.24) is 9.80 Å². The predicted molar refractivity (Wildman–Crippen MR) is 89.4 cm³/mol. The van der Waals surface area contributed by atoms with Gasteiger partial charge in [0, 0.05) is 30.7 Å². The lowest BCUT2D eigenvalue weighted by Gasteiger charge is -2.40. The molecule has 21 heavy (non-hydrogen) atoms. The van der Waals surface area contributed by atoms with Crippen LogP contribution in [-0.2, 0) is 0 Å². The zero-order valence-electron chi connectivity index (χ0n) is 14.2. The smallest absolute Gasteiger partial charge is 0.0473 e. The third kappa shape index (κ3) is 3.30. The summed E-state index contributed by atoms with van der Waals surface area (Å²) in [5.74, 6) is 0.966. The van der Waals surface area contributed by atoms with Crippen molar-refractivity contribution < 1.29 is 0 Å². The fourth-order valence-electron chi connectivity index (χ4n) is 4.97. The van der Waals surface area contributed by atoms with Gasteiger partial charge in [0.25, 0.3) is 0 Å². The minimum Gasteiger partial charge on any atom is -0.329 e. The Morgan fingerprint density at radius 1 is 1.14 bits per heavy atom. The molecule has 0 radical (unpaired) electrons. The minimum atomic E-state index is 0.281. The van der Waals surface area contributed by atoms with Gasteiger partial charge in [-0.1, -0.05) is 19.8 Å². The summed E-state index contributed by atoms with van der Waals surface area (Å²) in [6.07, 6.45) is 11.1. The van der Waals surface area contributed by atoms with Gasteiger partial charge in [0.1, 0.15) is 0 Å². The summed E-state index contributed by atoms with van der Waals surface area (Å²) in [4.78, 5) is 5.56. The second-order valence-electron chi connectivity index (χ2n) is 7.96. The molecular formula is C18H35N3. The molecule has 3 heteroatoms. The van der Waals surface area contributed by atoms with Crippen LogP contribution in [0, 0.1) is 5.92 Å². The van der Waals surface area contributed by atoms with E-state index in [-0.39, 0.29) is 5.54 Å². The highest BCUT2D eigenvalue weighted by molar-refractivity contribution is 5.07. The van der Waals surface area contributed by atoms with Crippen molar-refractivity contribution in [2.45, 2.75) is 82.8 Å². The largest absolute Gasteiger partial charge is 0.329 e. The second kappa shape index (κ2) is 6.55. The standard InChI is InChI=1S/C18H35N3/c1-3-5-16-6-4-10-20(11-9-16)18(13-19)12-15(2)21(14-18)17-7-8-17/h15-17H,3-14,19H2,1-2H3. The minimum absolute atomic E-state index is 0.281. The highest BCUT2D eigenvalue weighted by Gasteiger charge is 2.49. The summed E-state index contributed by atoms with van der Waals surface area (Å²) < 4.78 is 0. The summed E-state index contributed by atoms with van der Waals surface area (Å²) in [5, 5.41) is 0. The Morgan fingerprint density at radius 2 is 1.95 bits per heavy atom. The van der Waals surface area contributed by atoms with Crippen LogP contribution in [0.5, 0.6) is 0 Å². The van der Waals surface area contributed by atoms with Crippen molar-refractivity contribution in [2.75, 3.05) is 26.2 Å². The fraction of sp³-hybridized carbons (Fsp3) is 1.00. The maximum atomic E-state index is 6.32. The van der Waals surface area contributed by atoms with E-state index in [1.165, 1.54) is 71.0 Å². The van der Waals surface area contributed by atoms with Crippen LogP contribution in [0.4, 0.5) is 0 Å². The summed E-state index contributed by atoms with van der Waals surface area (Å²) in [6, 6.07) is 1.61. The Kier molecular flexibility index (Phi) is 4.92. The monoisotopic (exact) mass is 293 g/mol. The molecule has 3 aliphatic rings. The maximum Gasteiger partial charge on any atom is 0.0473 e. The van der Waals surface area contributed by atoms with Crippen LogP contribution >= 0.6 is 0 Å². The first kappa shape index (κ1) is 15.8. The van der Waals surface area contributed by atoms with E-state index in [1.54, 1.807) is 0 Å². The van der Waals surface area contributed by atoms with Crippen LogP contribution in [-0.4, -0.2) is 53.6 Å². The van der Waals surface area contributed by atoms with Gasteiger partial charge in [-0.25, -0.2) is 0 Å². The van der Waals surface area contributed by atoms with Crippen LogP contribution < -0.4 is 5.73 Å². The Bertz CT molecular complexity index is 341. The SMILES string of the molecule is CCCC1CCCN(C2(CN)CC(C)N(C3CC3)C2)CC1. The van der Waals surface area contributed by atoms with Gasteiger partial charge >= 0.3 is 0 Å². The van der Waals surface area contributed by atoms with Crippen molar-refractivity contribution in [3.63, 3.8) is 0 Å². The Hall–Kier alpha value is -0.120. The summed E-state index contributed by atoms with van der Waals surface area (Å²) in [5.41, 5.74) is 6.60. The van der Waals surface area contributed by atoms with E-state index in [0.717, 1.165) is 24.5 Å². The van der Waals surface area contributed by atoms with Crippen LogP contribution in [0.25, 0.3) is 0 Å². The molecule has 3 nitrogen and oxygen atoms in total. The van der Waals surface area contributed by atoms with Gasteiger partial charge in [0.15, 0.2) is 0 Å². The van der Waals surface area contributed by atoms with Gasteiger partial charge in [-0.05, 0) is 64.5 Å². The van der Waals surface area contributed by atoms with Crippen LogP contribution in [0.15, 0.2) is 0 Å². The predicted octanol–water partition coefficient (Wildman–Crippen LogP) is 2.84. The molecule has 0 aromatic carbocycles. The summed E-state index contributed by atoms with van der Waals surface area (Å²) >= 11 is 0. The molecule has 2 heterocycles. The first-order valence-electron chi connectivity index (χ1n) is 9.39. The quantitative estimate of drug-likeness (QED) is 0.846. The van der Waals surface area contributed by atoms with E-state index >= 15 is 0 Å². The number of hydrogen-bond donors (Lipinski definition) is 1. The molecule has 1 saturated carbocycles. The number of nitrogens with zero attached hydrogens (tertiary/aromatic N) is 2. The van der Waals surface area contributed by atoms with Gasteiger partial charge in [0.05, 0.1) is 0 Å². The normalized spacial score (nSPS) is 39.6. The van der Waals surface area contributed by atoms with Crippen LogP contribution in [0.1, 0.15) is 65.2 Å². The highest BCUT2D eigenvalue weighted by Crippen LogP contribution is 2.40. The van der Waals surface area contributed by atoms with Crippen LogP contribution in [0.3, 0.4) is 0 Å². The van der Waals surface area contributed by atoms with E-state index in [9.17, 15) is 0 Å². The molecule has 3 rings (SSSR count). The molecule has 3 unspecified atom stereocenters. The van der Waals surface area contributed by atoms with Gasteiger partial charge in [-0.3, -0.25) is 9.80 Å². The molecule has 3 fully saturated rings. The van der Waals surface area contributed by atoms with Gasteiger partial charge < -0.3 is 5.73 Å². The average Bonchev–Trinajstić information content (AvgIpc) is 3.28. The Balaban J connectivity index is 1.65. The summed E-state index contributed by atoms with van der Waals surface area (Å²) in [7, 11) is 0. The molecule has 2 N–H and O–H groups in total. The summed E-state index contributed by atoms with van der Waals surface area (Å²) in [6.45, 7) is 9.39. The second-order valence-corrected chi connectivity index (χ2v) is 7.96. The molecule has 3 atom stereocenters. The van der Waals surface area contributed by atoms with Crippen LogP contribution in [0.2, 0.25) is 0 Å². The number of rotatable bonds is 5. The first-order valence-corrected chi connectivity index (χ1v) is 9.39. The number of nitrogens with two attached hydrogens (primary N) is 1. The Morgan fingerprint density at radius 3 is 2.62 bits per heavy atom. The van der Waals surface area contributed by atoms with Crippen molar-refractivity contribution >= 4 is 0 Å². The fourth-order valence-corrected chi connectivity index (χ4v) is 4.97. The molecule has 122 valence electrons. The van der Waals surface area contributed by atoms with Crippen molar-refractivity contribution in [2.24, 2.45) is 11.7 Å². The molecule has 0 aromatic rings. The lowest BCUT2D eigenvalue weighted by atomic mass is 9.93. The van der Waals surface area contributed by atoms with Crippen molar-refractivity contribution in [3.05, 3.63) is 0 Å². The third-order valence-corrected chi connectivity index (χ3v) is 6.33. The Labute approximate surface area is 131 Å². The highest BCUT2D eigenvalue weighted by atomic mass is 15.3. The van der Waals surface area contributed by atoms with Gasteiger partial charge in [-0.2, -0.15) is 0 Å². The topological polar surface area (TPSA) is 32.5 Å². The van der Waals surface area contributed by atoms with Crippen molar-refractivity contribution in [3.8, 4) is 0 Å².